The lowest BCUT2D eigenvalue weighted by molar-refractivity contribution is 0.0234. The van der Waals surface area contributed by atoms with Gasteiger partial charge in [0.2, 0.25) is 0 Å². The minimum atomic E-state index is -0.462. The lowest BCUT2D eigenvalue weighted by Gasteiger charge is -2.27. The Morgan fingerprint density at radius 3 is 2.75 bits per heavy atom. The van der Waals surface area contributed by atoms with Gasteiger partial charge >= 0.3 is 6.09 Å². The first-order valence-corrected chi connectivity index (χ1v) is 5.74. The van der Waals surface area contributed by atoms with Gasteiger partial charge in [0.25, 0.3) is 0 Å². The van der Waals surface area contributed by atoms with Crippen LogP contribution in [0.1, 0.15) is 27.2 Å². The fourth-order valence-corrected chi connectivity index (χ4v) is 2.36. The molecule has 1 aliphatic heterocycles. The number of amides is 1. The van der Waals surface area contributed by atoms with E-state index in [1.165, 1.54) is 0 Å². The molecule has 1 N–H and O–H groups in total. The molecule has 0 aromatic heterocycles. The van der Waals surface area contributed by atoms with Gasteiger partial charge in [-0.2, -0.15) is 0 Å². The number of hydrogen-bond donors (Lipinski definition) is 1. The molecule has 90 valence electrons. The number of nitrogens with zero attached hydrogens (tertiary/aromatic N) is 1. The highest BCUT2D eigenvalue weighted by molar-refractivity contribution is 5.69. The smallest absolute Gasteiger partial charge is 0.410 e. The Hall–Kier alpha value is -1.03. The summed E-state index contributed by atoms with van der Waals surface area (Å²) in [5.41, 5.74) is -0.462. The van der Waals surface area contributed by atoms with E-state index < -0.39 is 11.7 Å². The predicted molar refractivity (Wildman–Crippen MR) is 60.0 cm³/mol. The first kappa shape index (κ1) is 11.5. The molecule has 0 bridgehead atoms. The second-order valence-corrected chi connectivity index (χ2v) is 5.49. The van der Waals surface area contributed by atoms with Crippen LogP contribution < -0.4 is 0 Å². The molecular weight excluding hydrogens is 206 g/mol. The summed E-state index contributed by atoms with van der Waals surface area (Å²) in [6.07, 6.45) is 3.84. The van der Waals surface area contributed by atoms with Crippen LogP contribution in [0.5, 0.6) is 0 Å². The Kier molecular flexibility index (Phi) is 2.70. The summed E-state index contributed by atoms with van der Waals surface area (Å²) in [5.74, 6) is 0.160. The fraction of sp³-hybridized carbons (Fsp3) is 0.750. The summed E-state index contributed by atoms with van der Waals surface area (Å²) in [7, 11) is 0. The quantitative estimate of drug-likeness (QED) is 0.636. The molecule has 0 saturated carbocycles. The van der Waals surface area contributed by atoms with Crippen molar-refractivity contribution in [2.75, 3.05) is 6.54 Å². The summed E-state index contributed by atoms with van der Waals surface area (Å²) in [5, 5.41) is 9.67. The van der Waals surface area contributed by atoms with Crippen molar-refractivity contribution < 1.29 is 14.6 Å². The molecule has 1 fully saturated rings. The third-order valence-corrected chi connectivity index (χ3v) is 3.07. The number of fused-ring (bicyclic) bond motifs is 1. The molecule has 0 spiro atoms. The number of rotatable bonds is 0. The summed E-state index contributed by atoms with van der Waals surface area (Å²) in [6.45, 7) is 6.25. The Morgan fingerprint density at radius 2 is 2.12 bits per heavy atom. The third kappa shape index (κ3) is 2.07. The van der Waals surface area contributed by atoms with Crippen LogP contribution in [0.2, 0.25) is 0 Å². The first-order valence-electron chi connectivity index (χ1n) is 5.74. The van der Waals surface area contributed by atoms with Gasteiger partial charge in [-0.3, -0.25) is 0 Å². The van der Waals surface area contributed by atoms with Gasteiger partial charge in [-0.15, -0.1) is 0 Å². The highest BCUT2D eigenvalue weighted by Crippen LogP contribution is 2.34. The molecule has 0 aromatic carbocycles. The minimum Gasteiger partial charge on any atom is -0.444 e. The number of hydrogen-bond acceptors (Lipinski definition) is 3. The molecule has 3 atom stereocenters. The van der Waals surface area contributed by atoms with E-state index in [9.17, 15) is 9.90 Å². The molecule has 4 nitrogen and oxygen atoms in total. The minimum absolute atomic E-state index is 0.0184. The molecule has 0 radical (unpaired) electrons. The van der Waals surface area contributed by atoms with Crippen LogP contribution in [0.4, 0.5) is 4.79 Å². The van der Waals surface area contributed by atoms with Gasteiger partial charge in [-0.1, -0.05) is 12.2 Å². The Labute approximate surface area is 95.9 Å². The highest BCUT2D eigenvalue weighted by Gasteiger charge is 2.43. The average molecular weight is 225 g/mol. The SMILES string of the molecule is CC(C)(C)OC(=O)N1CCC2C(O)C=CC21. The van der Waals surface area contributed by atoms with Crippen molar-refractivity contribution in [3.8, 4) is 0 Å². The maximum Gasteiger partial charge on any atom is 0.410 e. The number of carbonyl (C=O) groups is 1. The highest BCUT2D eigenvalue weighted by atomic mass is 16.6. The number of ether oxygens (including phenoxy) is 1. The van der Waals surface area contributed by atoms with Crippen LogP contribution in [-0.2, 0) is 4.74 Å². The van der Waals surface area contributed by atoms with Gasteiger partial charge in [0.1, 0.15) is 5.60 Å². The van der Waals surface area contributed by atoms with Crippen molar-refractivity contribution in [3.63, 3.8) is 0 Å². The zero-order chi connectivity index (χ0) is 11.9. The lowest BCUT2D eigenvalue weighted by Crippen LogP contribution is -2.40. The molecule has 2 aliphatic rings. The average Bonchev–Trinajstić information content (AvgIpc) is 2.66. The van der Waals surface area contributed by atoms with Gasteiger partial charge < -0.3 is 14.7 Å². The zero-order valence-electron chi connectivity index (χ0n) is 10.0. The molecule has 3 unspecified atom stereocenters. The number of aliphatic hydroxyl groups is 1. The summed E-state index contributed by atoms with van der Waals surface area (Å²) < 4.78 is 5.34. The van der Waals surface area contributed by atoms with Crippen LogP contribution >= 0.6 is 0 Å². The number of carbonyl (C=O) groups excluding carboxylic acids is 1. The Morgan fingerprint density at radius 1 is 1.44 bits per heavy atom. The van der Waals surface area contributed by atoms with E-state index in [0.717, 1.165) is 6.42 Å². The van der Waals surface area contributed by atoms with Crippen molar-refractivity contribution >= 4 is 6.09 Å². The van der Waals surface area contributed by atoms with Crippen molar-refractivity contribution in [2.24, 2.45) is 5.92 Å². The third-order valence-electron chi connectivity index (χ3n) is 3.07. The van der Waals surface area contributed by atoms with Crippen molar-refractivity contribution in [1.82, 2.24) is 4.90 Å². The van der Waals surface area contributed by atoms with Crippen LogP contribution in [0, 0.1) is 5.92 Å². The van der Waals surface area contributed by atoms with Crippen molar-refractivity contribution in [1.29, 1.82) is 0 Å². The van der Waals surface area contributed by atoms with Gasteiger partial charge in [-0.25, -0.2) is 4.79 Å². The molecule has 1 heterocycles. The molecule has 2 rings (SSSR count). The normalized spacial score (nSPS) is 33.0. The standard InChI is InChI=1S/C12H19NO3/c1-12(2,3)16-11(15)13-7-6-8-9(13)4-5-10(8)14/h4-5,8-10,14H,6-7H2,1-3H3. The Balaban J connectivity index is 2.02. The van der Waals surface area contributed by atoms with E-state index in [2.05, 4.69) is 0 Å². The van der Waals surface area contributed by atoms with Crippen LogP contribution in [0.25, 0.3) is 0 Å². The molecule has 1 aliphatic carbocycles. The molecule has 1 amide bonds. The monoisotopic (exact) mass is 225 g/mol. The summed E-state index contributed by atoms with van der Waals surface area (Å²) >= 11 is 0. The molecule has 4 heteroatoms. The summed E-state index contributed by atoms with van der Waals surface area (Å²) in [4.78, 5) is 13.6. The second-order valence-electron chi connectivity index (χ2n) is 5.49. The Bertz CT molecular complexity index is 319. The van der Waals surface area contributed by atoms with Gasteiger partial charge in [0.05, 0.1) is 12.1 Å². The van der Waals surface area contributed by atoms with Crippen LogP contribution in [0.15, 0.2) is 12.2 Å². The second kappa shape index (κ2) is 3.77. The van der Waals surface area contributed by atoms with Crippen LogP contribution in [-0.4, -0.2) is 40.4 Å². The van der Waals surface area contributed by atoms with E-state index in [4.69, 9.17) is 4.74 Å². The molecule has 16 heavy (non-hydrogen) atoms. The number of likely N-dealkylation sites (tertiary alicyclic amines) is 1. The first-order chi connectivity index (χ1) is 7.38. The van der Waals surface area contributed by atoms with E-state index >= 15 is 0 Å². The van der Waals surface area contributed by atoms with E-state index in [1.807, 2.05) is 26.8 Å². The maximum atomic E-state index is 11.9. The fourth-order valence-electron chi connectivity index (χ4n) is 2.36. The number of aliphatic hydroxyl groups excluding tert-OH is 1. The lowest BCUT2D eigenvalue weighted by atomic mass is 10.0. The maximum absolute atomic E-state index is 11.9. The van der Waals surface area contributed by atoms with Gasteiger partial charge in [0, 0.05) is 12.5 Å². The van der Waals surface area contributed by atoms with Gasteiger partial charge in [0.15, 0.2) is 0 Å². The molecular formula is C12H19NO3. The van der Waals surface area contributed by atoms with Crippen LogP contribution in [0.3, 0.4) is 0 Å². The summed E-state index contributed by atoms with van der Waals surface area (Å²) in [6, 6.07) is 0.0184. The molecule has 0 aromatic rings. The van der Waals surface area contributed by atoms with Gasteiger partial charge in [-0.05, 0) is 27.2 Å². The van der Waals surface area contributed by atoms with Crippen molar-refractivity contribution in [2.45, 2.75) is 44.9 Å². The van der Waals surface area contributed by atoms with Crippen molar-refractivity contribution in [3.05, 3.63) is 12.2 Å². The van der Waals surface area contributed by atoms with E-state index in [-0.39, 0.29) is 18.1 Å². The molecule has 1 saturated heterocycles. The topological polar surface area (TPSA) is 49.8 Å². The predicted octanol–water partition coefficient (Wildman–Crippen LogP) is 1.54. The van der Waals surface area contributed by atoms with E-state index in [0.29, 0.717) is 6.54 Å². The largest absolute Gasteiger partial charge is 0.444 e. The van der Waals surface area contributed by atoms with E-state index in [1.54, 1.807) is 11.0 Å². The zero-order valence-corrected chi connectivity index (χ0v) is 10.0.